The summed E-state index contributed by atoms with van der Waals surface area (Å²) >= 11 is 7.30. The molecular weight excluding hydrogens is 230 g/mol. The zero-order valence-electron chi connectivity index (χ0n) is 7.90. The van der Waals surface area contributed by atoms with Gasteiger partial charge in [-0.1, -0.05) is 35.1 Å². The molecule has 0 aliphatic heterocycles. The number of hydrogen-bond acceptors (Lipinski definition) is 4. The lowest BCUT2D eigenvalue weighted by molar-refractivity contribution is 1.13. The number of hydrogen-bond donors (Lipinski definition) is 2. The third-order valence-corrected chi connectivity index (χ3v) is 2.88. The fourth-order valence-corrected chi connectivity index (χ4v) is 1.98. The summed E-state index contributed by atoms with van der Waals surface area (Å²) < 4.78 is 0. The molecule has 0 spiro atoms. The van der Waals surface area contributed by atoms with Crippen LogP contribution in [0.15, 0.2) is 30.5 Å². The minimum Gasteiger partial charge on any atom is -0.389 e. The molecule has 0 aliphatic carbocycles. The molecule has 2 rings (SSSR count). The van der Waals surface area contributed by atoms with Gasteiger partial charge in [0.25, 0.3) is 0 Å². The van der Waals surface area contributed by atoms with Crippen LogP contribution >= 0.6 is 22.9 Å². The fourth-order valence-electron chi connectivity index (χ4n) is 1.19. The normalized spacial score (nSPS) is 10.2. The van der Waals surface area contributed by atoms with E-state index in [4.69, 9.17) is 17.3 Å². The van der Waals surface area contributed by atoms with Gasteiger partial charge in [0, 0.05) is 11.6 Å². The minimum absolute atomic E-state index is 0.702. The molecule has 0 saturated carbocycles. The molecule has 0 amide bonds. The van der Waals surface area contributed by atoms with Crippen molar-refractivity contribution in [3.8, 4) is 0 Å². The van der Waals surface area contributed by atoms with Gasteiger partial charge in [-0.05, 0) is 17.7 Å². The maximum Gasteiger partial charge on any atom is 0.184 e. The largest absolute Gasteiger partial charge is 0.389 e. The number of aromatic nitrogens is 1. The lowest BCUT2D eigenvalue weighted by Crippen LogP contribution is -1.98. The van der Waals surface area contributed by atoms with Crippen molar-refractivity contribution in [3.63, 3.8) is 0 Å². The predicted molar refractivity (Wildman–Crippen MR) is 65.3 cm³/mol. The summed E-state index contributed by atoms with van der Waals surface area (Å²) in [5, 5.41) is 5.46. The Balaban J connectivity index is 1.99. The summed E-state index contributed by atoms with van der Waals surface area (Å²) in [6.07, 6.45) is 1.64. The van der Waals surface area contributed by atoms with Gasteiger partial charge >= 0.3 is 0 Å². The molecule has 2 aromatic rings. The van der Waals surface area contributed by atoms with Crippen molar-refractivity contribution in [2.75, 3.05) is 11.1 Å². The molecule has 0 unspecified atom stereocenters. The zero-order chi connectivity index (χ0) is 10.7. The van der Waals surface area contributed by atoms with Gasteiger partial charge in [0.1, 0.15) is 5.00 Å². The van der Waals surface area contributed by atoms with E-state index >= 15 is 0 Å². The first kappa shape index (κ1) is 10.3. The van der Waals surface area contributed by atoms with Gasteiger partial charge in [0.2, 0.25) is 0 Å². The highest BCUT2D eigenvalue weighted by Crippen LogP contribution is 2.20. The van der Waals surface area contributed by atoms with Crippen LogP contribution in [-0.2, 0) is 6.54 Å². The molecule has 1 heterocycles. The first-order chi connectivity index (χ1) is 7.24. The number of halogens is 1. The molecule has 0 fully saturated rings. The Hall–Kier alpha value is -1.26. The lowest BCUT2D eigenvalue weighted by atomic mass is 10.2. The SMILES string of the molecule is Nc1cnc(NCc2cccc(Cl)c2)s1. The second-order valence-electron chi connectivity index (χ2n) is 3.05. The molecule has 1 aromatic carbocycles. The second kappa shape index (κ2) is 4.51. The molecule has 1 aromatic heterocycles. The van der Waals surface area contributed by atoms with E-state index in [0.29, 0.717) is 11.5 Å². The van der Waals surface area contributed by atoms with Gasteiger partial charge in [-0.15, -0.1) is 0 Å². The van der Waals surface area contributed by atoms with Crippen LogP contribution in [0.1, 0.15) is 5.56 Å². The smallest absolute Gasteiger partial charge is 0.184 e. The van der Waals surface area contributed by atoms with Gasteiger partial charge in [0.15, 0.2) is 5.13 Å². The van der Waals surface area contributed by atoms with Crippen LogP contribution in [0, 0.1) is 0 Å². The Morgan fingerprint density at radius 1 is 1.47 bits per heavy atom. The number of nitrogens with zero attached hydrogens (tertiary/aromatic N) is 1. The van der Waals surface area contributed by atoms with E-state index in [0.717, 1.165) is 15.7 Å². The summed E-state index contributed by atoms with van der Waals surface area (Å²) in [4.78, 5) is 4.10. The highest BCUT2D eigenvalue weighted by atomic mass is 35.5. The lowest BCUT2D eigenvalue weighted by Gasteiger charge is -2.02. The first-order valence-electron chi connectivity index (χ1n) is 4.43. The Labute approximate surface area is 96.9 Å². The Morgan fingerprint density at radius 3 is 3.00 bits per heavy atom. The van der Waals surface area contributed by atoms with Crippen LogP contribution in [0.3, 0.4) is 0 Å². The molecule has 3 nitrogen and oxygen atoms in total. The van der Waals surface area contributed by atoms with Gasteiger partial charge in [0.05, 0.1) is 6.20 Å². The van der Waals surface area contributed by atoms with E-state index in [2.05, 4.69) is 10.3 Å². The molecule has 78 valence electrons. The fraction of sp³-hybridized carbons (Fsp3) is 0.100. The Bertz CT molecular complexity index is 455. The zero-order valence-corrected chi connectivity index (χ0v) is 9.48. The van der Waals surface area contributed by atoms with E-state index < -0.39 is 0 Å². The Kier molecular flexibility index (Phi) is 3.08. The molecule has 0 atom stereocenters. The third-order valence-electron chi connectivity index (χ3n) is 1.86. The summed E-state index contributed by atoms with van der Waals surface area (Å²) in [6.45, 7) is 0.702. The summed E-state index contributed by atoms with van der Waals surface area (Å²) in [7, 11) is 0. The van der Waals surface area contributed by atoms with Crippen LogP contribution in [0.5, 0.6) is 0 Å². The third kappa shape index (κ3) is 2.84. The van der Waals surface area contributed by atoms with E-state index in [9.17, 15) is 0 Å². The first-order valence-corrected chi connectivity index (χ1v) is 5.63. The van der Waals surface area contributed by atoms with Crippen molar-refractivity contribution in [1.29, 1.82) is 0 Å². The number of anilines is 2. The molecule has 15 heavy (non-hydrogen) atoms. The van der Waals surface area contributed by atoms with Crippen LogP contribution in [0.4, 0.5) is 10.1 Å². The van der Waals surface area contributed by atoms with Crippen molar-refractivity contribution in [2.24, 2.45) is 0 Å². The monoisotopic (exact) mass is 239 g/mol. The Morgan fingerprint density at radius 2 is 2.33 bits per heavy atom. The number of thiazole rings is 1. The topological polar surface area (TPSA) is 50.9 Å². The van der Waals surface area contributed by atoms with Gasteiger partial charge in [-0.3, -0.25) is 0 Å². The summed E-state index contributed by atoms with van der Waals surface area (Å²) in [5.41, 5.74) is 6.69. The highest BCUT2D eigenvalue weighted by Gasteiger charge is 1.98. The predicted octanol–water partition coefficient (Wildman–Crippen LogP) is 2.99. The van der Waals surface area contributed by atoms with Crippen LogP contribution in [0.2, 0.25) is 5.02 Å². The maximum absolute atomic E-state index is 5.87. The van der Waals surface area contributed by atoms with Gasteiger partial charge < -0.3 is 11.1 Å². The van der Waals surface area contributed by atoms with Gasteiger partial charge in [-0.2, -0.15) is 0 Å². The van der Waals surface area contributed by atoms with Crippen LogP contribution in [-0.4, -0.2) is 4.98 Å². The molecule has 5 heteroatoms. The second-order valence-corrected chi connectivity index (χ2v) is 4.55. The number of benzene rings is 1. The molecule has 0 bridgehead atoms. The average molecular weight is 240 g/mol. The van der Waals surface area contributed by atoms with E-state index in [1.54, 1.807) is 6.20 Å². The van der Waals surface area contributed by atoms with E-state index in [-0.39, 0.29) is 0 Å². The molecular formula is C10H10ClN3S. The number of nitrogens with two attached hydrogens (primary N) is 1. The summed E-state index contributed by atoms with van der Waals surface area (Å²) in [6, 6.07) is 7.71. The van der Waals surface area contributed by atoms with Crippen molar-refractivity contribution in [2.45, 2.75) is 6.54 Å². The number of nitrogen functional groups attached to an aromatic ring is 1. The van der Waals surface area contributed by atoms with Crippen molar-refractivity contribution in [1.82, 2.24) is 4.98 Å². The van der Waals surface area contributed by atoms with Gasteiger partial charge in [-0.25, -0.2) is 4.98 Å². The minimum atomic E-state index is 0.702. The number of rotatable bonds is 3. The van der Waals surface area contributed by atoms with E-state index in [1.165, 1.54) is 11.3 Å². The van der Waals surface area contributed by atoms with Crippen LogP contribution in [0.25, 0.3) is 0 Å². The number of nitrogens with one attached hydrogen (secondary N) is 1. The van der Waals surface area contributed by atoms with Crippen LogP contribution < -0.4 is 11.1 Å². The average Bonchev–Trinajstić information content (AvgIpc) is 2.62. The summed E-state index contributed by atoms with van der Waals surface area (Å²) in [5.74, 6) is 0. The quantitative estimate of drug-likeness (QED) is 0.866. The molecule has 3 N–H and O–H groups in total. The molecule has 0 saturated heterocycles. The van der Waals surface area contributed by atoms with Crippen molar-refractivity contribution < 1.29 is 0 Å². The molecule has 0 radical (unpaired) electrons. The van der Waals surface area contributed by atoms with E-state index in [1.807, 2.05) is 24.3 Å². The highest BCUT2D eigenvalue weighted by molar-refractivity contribution is 7.19. The van der Waals surface area contributed by atoms with Crippen molar-refractivity contribution in [3.05, 3.63) is 41.0 Å². The molecule has 0 aliphatic rings. The standard InChI is InChI=1S/C10H10ClN3S/c11-8-3-1-2-7(4-8)5-13-10-14-6-9(12)15-10/h1-4,6H,5,12H2,(H,13,14). The van der Waals surface area contributed by atoms with Crippen molar-refractivity contribution >= 4 is 33.1 Å². The maximum atomic E-state index is 5.87.